The molecule has 0 unspecified atom stereocenters. The Balaban J connectivity index is 1.92. The first-order valence-corrected chi connectivity index (χ1v) is 7.46. The quantitative estimate of drug-likeness (QED) is 0.579. The van der Waals surface area contributed by atoms with Crippen molar-refractivity contribution in [3.05, 3.63) is 10.9 Å². The molecule has 0 aromatic carbocycles. The molecule has 0 bridgehead atoms. The summed E-state index contributed by atoms with van der Waals surface area (Å²) in [5, 5.41) is 4.58. The average Bonchev–Trinajstić information content (AvgIpc) is 3.10. The van der Waals surface area contributed by atoms with Crippen LogP contribution in [0.5, 0.6) is 0 Å². The van der Waals surface area contributed by atoms with Crippen molar-refractivity contribution in [1.82, 2.24) is 9.97 Å². The summed E-state index contributed by atoms with van der Waals surface area (Å²) < 4.78 is 0. The predicted octanol–water partition coefficient (Wildman–Crippen LogP) is 2.89. The van der Waals surface area contributed by atoms with Crippen molar-refractivity contribution < 1.29 is 0 Å². The molecule has 3 rings (SSSR count). The molecule has 0 spiro atoms. The Bertz CT molecular complexity index is 602. The molecule has 0 atom stereocenters. The summed E-state index contributed by atoms with van der Waals surface area (Å²) in [4.78, 5) is 11.0. The van der Waals surface area contributed by atoms with Crippen LogP contribution < -0.4 is 16.6 Å². The predicted molar refractivity (Wildman–Crippen MR) is 80.4 cm³/mol. The fraction of sp³-hybridized carbons (Fsp3) is 0.538. The number of nitrogens with zero attached hydrogens (tertiary/aromatic N) is 2. The first kappa shape index (κ1) is 12.6. The van der Waals surface area contributed by atoms with Gasteiger partial charge in [-0.05, 0) is 37.7 Å². The third kappa shape index (κ3) is 2.37. The summed E-state index contributed by atoms with van der Waals surface area (Å²) in [6.07, 6.45) is 3.85. The van der Waals surface area contributed by atoms with Gasteiger partial charge in [0.25, 0.3) is 0 Å². The lowest BCUT2D eigenvalue weighted by atomic mass is 10.0. The van der Waals surface area contributed by atoms with Crippen LogP contribution in [0.25, 0.3) is 10.2 Å². The van der Waals surface area contributed by atoms with Gasteiger partial charge in [0.05, 0.1) is 5.39 Å². The van der Waals surface area contributed by atoms with E-state index < -0.39 is 0 Å². The minimum atomic E-state index is 0.471. The third-order valence-corrected chi connectivity index (χ3v) is 4.93. The second-order valence-corrected chi connectivity index (χ2v) is 6.56. The van der Waals surface area contributed by atoms with E-state index in [2.05, 4.69) is 40.6 Å². The summed E-state index contributed by atoms with van der Waals surface area (Å²) >= 11 is 1.66. The molecule has 1 aliphatic rings. The van der Waals surface area contributed by atoms with Gasteiger partial charge in [-0.15, -0.1) is 11.3 Å². The number of rotatable bonds is 5. The lowest BCUT2D eigenvalue weighted by Crippen LogP contribution is -2.17. The van der Waals surface area contributed by atoms with Gasteiger partial charge in [-0.25, -0.2) is 10.8 Å². The van der Waals surface area contributed by atoms with Crippen molar-refractivity contribution in [2.75, 3.05) is 17.3 Å². The average molecular weight is 277 g/mol. The molecule has 19 heavy (non-hydrogen) atoms. The molecule has 0 radical (unpaired) electrons. The lowest BCUT2D eigenvalue weighted by Gasteiger charge is -2.14. The molecule has 4 N–H and O–H groups in total. The lowest BCUT2D eigenvalue weighted by molar-refractivity contribution is 0.521. The van der Waals surface area contributed by atoms with Gasteiger partial charge >= 0.3 is 0 Å². The van der Waals surface area contributed by atoms with Crippen LogP contribution in [0.3, 0.4) is 0 Å². The minimum absolute atomic E-state index is 0.471. The van der Waals surface area contributed by atoms with Crippen LogP contribution in [-0.4, -0.2) is 16.5 Å². The smallest absolute Gasteiger partial charge is 0.240 e. The van der Waals surface area contributed by atoms with Gasteiger partial charge < -0.3 is 5.32 Å². The largest absolute Gasteiger partial charge is 0.369 e. The molecule has 0 saturated heterocycles. The maximum atomic E-state index is 5.44. The van der Waals surface area contributed by atoms with E-state index in [4.69, 9.17) is 5.84 Å². The fourth-order valence-corrected chi connectivity index (χ4v) is 3.22. The number of nitrogens with two attached hydrogens (primary N) is 1. The van der Waals surface area contributed by atoms with E-state index in [-0.39, 0.29) is 0 Å². The minimum Gasteiger partial charge on any atom is -0.369 e. The van der Waals surface area contributed by atoms with Crippen LogP contribution in [0.2, 0.25) is 0 Å². The summed E-state index contributed by atoms with van der Waals surface area (Å²) in [5.41, 5.74) is 3.02. The van der Waals surface area contributed by atoms with E-state index in [0.717, 1.165) is 22.6 Å². The highest BCUT2D eigenvalue weighted by Gasteiger charge is 2.40. The van der Waals surface area contributed by atoms with Crippen molar-refractivity contribution in [2.24, 2.45) is 11.3 Å². The van der Waals surface area contributed by atoms with Gasteiger partial charge in [-0.3, -0.25) is 5.43 Å². The monoisotopic (exact) mass is 277 g/mol. The molecule has 0 amide bonds. The molecular weight excluding hydrogens is 258 g/mol. The molecule has 1 aliphatic carbocycles. The van der Waals surface area contributed by atoms with Crippen LogP contribution in [0.1, 0.15) is 31.1 Å². The zero-order valence-corrected chi connectivity index (χ0v) is 12.1. The second kappa shape index (κ2) is 4.61. The summed E-state index contributed by atoms with van der Waals surface area (Å²) in [6, 6.07) is 2.13. The highest BCUT2D eigenvalue weighted by molar-refractivity contribution is 7.18. The molecule has 2 aromatic heterocycles. The Labute approximate surface area is 116 Å². The zero-order valence-electron chi connectivity index (χ0n) is 11.3. The SMILES string of the molecule is CCC1(CNc2nc(NN)nc3sc(C)cc23)CC1. The van der Waals surface area contributed by atoms with Crippen LogP contribution in [0, 0.1) is 12.3 Å². The van der Waals surface area contributed by atoms with E-state index in [1.807, 2.05) is 0 Å². The maximum Gasteiger partial charge on any atom is 0.240 e. The Morgan fingerprint density at radius 3 is 2.84 bits per heavy atom. The number of hydrazine groups is 1. The Morgan fingerprint density at radius 2 is 2.21 bits per heavy atom. The van der Waals surface area contributed by atoms with Gasteiger partial charge in [0.1, 0.15) is 10.6 Å². The number of hydrogen-bond acceptors (Lipinski definition) is 6. The summed E-state index contributed by atoms with van der Waals surface area (Å²) in [7, 11) is 0. The van der Waals surface area contributed by atoms with Gasteiger partial charge in [0.15, 0.2) is 0 Å². The number of aryl methyl sites for hydroxylation is 1. The Morgan fingerprint density at radius 1 is 1.42 bits per heavy atom. The first-order chi connectivity index (χ1) is 9.15. The van der Waals surface area contributed by atoms with Crippen LogP contribution in [-0.2, 0) is 0 Å². The van der Waals surface area contributed by atoms with Crippen molar-refractivity contribution in [2.45, 2.75) is 33.1 Å². The number of fused-ring (bicyclic) bond motifs is 1. The van der Waals surface area contributed by atoms with Gasteiger partial charge in [0, 0.05) is 11.4 Å². The van der Waals surface area contributed by atoms with Crippen molar-refractivity contribution in [1.29, 1.82) is 0 Å². The fourth-order valence-electron chi connectivity index (χ4n) is 2.34. The molecule has 5 nitrogen and oxygen atoms in total. The molecule has 1 fully saturated rings. The molecule has 6 heteroatoms. The number of aromatic nitrogens is 2. The van der Waals surface area contributed by atoms with E-state index in [1.165, 1.54) is 24.1 Å². The van der Waals surface area contributed by atoms with Crippen LogP contribution >= 0.6 is 11.3 Å². The van der Waals surface area contributed by atoms with Crippen molar-refractivity contribution in [3.8, 4) is 0 Å². The zero-order chi connectivity index (χ0) is 13.5. The van der Waals surface area contributed by atoms with Gasteiger partial charge in [-0.1, -0.05) is 6.92 Å². The van der Waals surface area contributed by atoms with Crippen LogP contribution in [0.4, 0.5) is 11.8 Å². The second-order valence-electron chi connectivity index (χ2n) is 5.32. The Kier molecular flexibility index (Phi) is 3.06. The topological polar surface area (TPSA) is 75.9 Å². The summed E-state index contributed by atoms with van der Waals surface area (Å²) in [5.74, 6) is 6.80. The Hall–Kier alpha value is -1.40. The van der Waals surface area contributed by atoms with Gasteiger partial charge in [-0.2, -0.15) is 4.98 Å². The third-order valence-electron chi connectivity index (χ3n) is 3.98. The number of thiophene rings is 1. The standard InChI is InChI=1S/C13H19N5S/c1-3-13(4-5-13)7-15-10-9-6-8(2)19-11(9)17-12(16-10)18-14/h6H,3-5,7,14H2,1-2H3,(H2,15,16,17,18). The highest BCUT2D eigenvalue weighted by atomic mass is 32.1. The highest BCUT2D eigenvalue weighted by Crippen LogP contribution is 2.48. The van der Waals surface area contributed by atoms with E-state index in [0.29, 0.717) is 11.4 Å². The van der Waals surface area contributed by atoms with E-state index >= 15 is 0 Å². The molecule has 2 aromatic rings. The van der Waals surface area contributed by atoms with Crippen molar-refractivity contribution in [3.63, 3.8) is 0 Å². The van der Waals surface area contributed by atoms with Crippen LogP contribution in [0.15, 0.2) is 6.07 Å². The first-order valence-electron chi connectivity index (χ1n) is 6.64. The van der Waals surface area contributed by atoms with Gasteiger partial charge in [0.2, 0.25) is 5.95 Å². The number of nitrogens with one attached hydrogen (secondary N) is 2. The van der Waals surface area contributed by atoms with E-state index in [9.17, 15) is 0 Å². The van der Waals surface area contributed by atoms with E-state index in [1.54, 1.807) is 11.3 Å². The molecular formula is C13H19N5S. The molecule has 0 aliphatic heterocycles. The maximum absolute atomic E-state index is 5.44. The van der Waals surface area contributed by atoms with Crippen molar-refractivity contribution >= 4 is 33.3 Å². The number of hydrogen-bond donors (Lipinski definition) is 3. The number of nitrogen functional groups attached to an aromatic ring is 1. The number of anilines is 2. The molecule has 102 valence electrons. The summed E-state index contributed by atoms with van der Waals surface area (Å²) in [6.45, 7) is 5.32. The molecule has 2 heterocycles. The molecule has 1 saturated carbocycles. The normalized spacial score (nSPS) is 16.6.